The standard InChI is InChI=1S/C42H65BN6O6/c1-8-14-33(43-54-32-23-27-22-31(41(27,5)6)42(32,7)55-43)46-37(51)30-21-26-17-12-13-18-29(26)49(30)39(53)35(40(2,3)4)48-38(52)34(25-15-10-9-11-16-25)47-36(50)28-24-44-19-20-45-28/h19-20,24-27,29-35H,8-18,21-23H2,1-7H3,(H,46,51)(H,47,50)(H,48,52)/t26-,27-,29-,30-,31-,32+,33?,34-,35+,42-/m0/s1. The molecule has 1 aromatic heterocycles. The second-order valence-electron chi connectivity index (χ2n) is 19.6. The molecular weight excluding hydrogens is 695 g/mol. The Morgan fingerprint density at radius 2 is 1.67 bits per heavy atom. The quantitative estimate of drug-likeness (QED) is 0.254. The minimum Gasteiger partial charge on any atom is -0.404 e. The van der Waals surface area contributed by atoms with Crippen molar-refractivity contribution in [3.63, 3.8) is 0 Å². The summed E-state index contributed by atoms with van der Waals surface area (Å²) in [6, 6.07) is -2.50. The molecule has 0 spiro atoms. The molecule has 2 saturated heterocycles. The molecule has 302 valence electrons. The van der Waals surface area contributed by atoms with E-state index in [9.17, 15) is 14.4 Å². The van der Waals surface area contributed by atoms with Crippen molar-refractivity contribution in [3.05, 3.63) is 24.3 Å². The highest BCUT2D eigenvalue weighted by atomic mass is 16.7. The molecule has 3 N–H and O–H groups in total. The summed E-state index contributed by atoms with van der Waals surface area (Å²) in [5, 5.41) is 9.47. The van der Waals surface area contributed by atoms with E-state index in [1.54, 1.807) is 0 Å². The summed E-state index contributed by atoms with van der Waals surface area (Å²) in [6.07, 6.45) is 17.1. The first kappa shape index (κ1) is 40.2. The fourth-order valence-corrected chi connectivity index (χ4v) is 11.5. The van der Waals surface area contributed by atoms with E-state index in [0.717, 1.165) is 77.0 Å². The Hall–Kier alpha value is -3.06. The van der Waals surface area contributed by atoms with Gasteiger partial charge in [-0.2, -0.15) is 0 Å². The lowest BCUT2D eigenvalue weighted by atomic mass is 9.43. The number of nitrogens with one attached hydrogen (secondary N) is 3. The third-order valence-corrected chi connectivity index (χ3v) is 14.8. The Morgan fingerprint density at radius 3 is 2.35 bits per heavy atom. The molecule has 13 heteroatoms. The Bertz CT molecular complexity index is 1580. The Kier molecular flexibility index (Phi) is 11.5. The molecule has 12 nitrogen and oxygen atoms in total. The number of likely N-dealkylation sites (tertiary alicyclic amines) is 1. The molecule has 4 amide bonds. The molecule has 2 aliphatic heterocycles. The van der Waals surface area contributed by atoms with Crippen LogP contribution in [0.2, 0.25) is 0 Å². The topological polar surface area (TPSA) is 152 Å². The van der Waals surface area contributed by atoms with E-state index in [2.05, 4.69) is 53.6 Å². The monoisotopic (exact) mass is 761 g/mol. The number of rotatable bonds is 11. The molecular formula is C42H65BN6O6. The Morgan fingerprint density at radius 1 is 0.945 bits per heavy atom. The number of fused-ring (bicyclic) bond motifs is 1. The van der Waals surface area contributed by atoms with E-state index in [0.29, 0.717) is 24.7 Å². The summed E-state index contributed by atoms with van der Waals surface area (Å²) in [4.78, 5) is 67.5. The molecule has 1 unspecified atom stereocenters. The van der Waals surface area contributed by atoms with Gasteiger partial charge < -0.3 is 30.2 Å². The molecule has 8 rings (SSSR count). The average molecular weight is 761 g/mol. The smallest absolute Gasteiger partial charge is 0.404 e. The molecule has 7 fully saturated rings. The van der Waals surface area contributed by atoms with Gasteiger partial charge in [-0.3, -0.25) is 24.2 Å². The number of hydrogen-bond acceptors (Lipinski definition) is 8. The highest BCUT2D eigenvalue weighted by molar-refractivity contribution is 6.48. The maximum Gasteiger partial charge on any atom is 0.481 e. The molecule has 5 aliphatic carbocycles. The van der Waals surface area contributed by atoms with Crippen LogP contribution in [-0.4, -0.2) is 87.4 Å². The van der Waals surface area contributed by atoms with Gasteiger partial charge in [0, 0.05) is 18.4 Å². The third kappa shape index (κ3) is 7.69. The minimum atomic E-state index is -0.915. The Labute approximate surface area is 328 Å². The van der Waals surface area contributed by atoms with Crippen molar-refractivity contribution in [1.82, 2.24) is 30.8 Å². The fraction of sp³-hybridized carbons (Fsp3) is 0.810. The van der Waals surface area contributed by atoms with Gasteiger partial charge in [0.1, 0.15) is 23.8 Å². The van der Waals surface area contributed by atoms with Crippen molar-refractivity contribution in [2.45, 2.75) is 180 Å². The first-order valence-electron chi connectivity index (χ1n) is 21.5. The van der Waals surface area contributed by atoms with Crippen molar-refractivity contribution < 1.29 is 28.5 Å². The number of carbonyl (C=O) groups excluding carboxylic acids is 4. The van der Waals surface area contributed by atoms with Crippen molar-refractivity contribution in [3.8, 4) is 0 Å². The van der Waals surface area contributed by atoms with E-state index >= 15 is 4.79 Å². The summed E-state index contributed by atoms with van der Waals surface area (Å²) in [7, 11) is -0.544. The Balaban J connectivity index is 1.11. The number of hydrogen-bond donors (Lipinski definition) is 3. The van der Waals surface area contributed by atoms with Crippen LogP contribution in [0.4, 0.5) is 0 Å². The van der Waals surface area contributed by atoms with E-state index in [4.69, 9.17) is 9.31 Å². The zero-order valence-electron chi connectivity index (χ0n) is 34.3. The summed E-state index contributed by atoms with van der Waals surface area (Å²) in [5.74, 6) is -0.416. The lowest BCUT2D eigenvalue weighted by Crippen LogP contribution is -2.65. The normalized spacial score (nSPS) is 33.0. The van der Waals surface area contributed by atoms with Crippen LogP contribution in [0.25, 0.3) is 0 Å². The first-order valence-corrected chi connectivity index (χ1v) is 21.5. The van der Waals surface area contributed by atoms with E-state index in [-0.39, 0.29) is 64.4 Å². The third-order valence-electron chi connectivity index (χ3n) is 14.8. The lowest BCUT2D eigenvalue weighted by molar-refractivity contribution is -0.199. The maximum atomic E-state index is 15.1. The molecule has 10 atom stereocenters. The molecule has 1 aromatic rings. The number of nitrogens with zero attached hydrogens (tertiary/aromatic N) is 3. The van der Waals surface area contributed by atoms with Gasteiger partial charge in [0.15, 0.2) is 0 Å². The van der Waals surface area contributed by atoms with Gasteiger partial charge in [0.2, 0.25) is 17.7 Å². The van der Waals surface area contributed by atoms with E-state index in [1.165, 1.54) is 18.6 Å². The van der Waals surface area contributed by atoms with Crippen LogP contribution in [0.15, 0.2) is 18.6 Å². The number of aromatic nitrogens is 2. The second-order valence-corrected chi connectivity index (χ2v) is 19.6. The average Bonchev–Trinajstić information content (AvgIpc) is 3.74. The molecule has 0 aromatic carbocycles. The predicted molar refractivity (Wildman–Crippen MR) is 209 cm³/mol. The first-order chi connectivity index (χ1) is 26.1. The minimum absolute atomic E-state index is 0.0111. The SMILES string of the molecule is CCCC(NC(=O)[C@@H]1C[C@@H]2CCCC[C@@H]2N1C(=O)[C@@H](NC(=O)[C@@H](NC(=O)c1cnccn1)C1CCCCC1)C(C)(C)C)B1O[C@@H]2C[C@@H]3C[C@@H](C3(C)C)[C@]2(C)O1. The molecule has 0 radical (unpaired) electrons. The fourth-order valence-electron chi connectivity index (χ4n) is 11.5. The van der Waals surface area contributed by atoms with Gasteiger partial charge in [0.05, 0.1) is 23.8 Å². The largest absolute Gasteiger partial charge is 0.481 e. The van der Waals surface area contributed by atoms with Gasteiger partial charge in [0.25, 0.3) is 5.91 Å². The summed E-state index contributed by atoms with van der Waals surface area (Å²) in [5.41, 5.74) is -0.711. The van der Waals surface area contributed by atoms with Crippen LogP contribution in [0, 0.1) is 34.5 Å². The summed E-state index contributed by atoms with van der Waals surface area (Å²) >= 11 is 0. The van der Waals surface area contributed by atoms with Gasteiger partial charge in [-0.1, -0.05) is 80.1 Å². The van der Waals surface area contributed by atoms with Gasteiger partial charge in [-0.05, 0) is 92.8 Å². The van der Waals surface area contributed by atoms with Gasteiger partial charge in [-0.25, -0.2) is 4.98 Å². The lowest BCUT2D eigenvalue weighted by Gasteiger charge is -2.64. The second kappa shape index (κ2) is 15.7. The van der Waals surface area contributed by atoms with Crippen molar-refractivity contribution >= 4 is 30.7 Å². The molecule has 3 heterocycles. The van der Waals surface area contributed by atoms with Crippen LogP contribution in [0.1, 0.15) is 149 Å². The highest BCUT2D eigenvalue weighted by Gasteiger charge is 2.68. The molecule has 7 aliphatic rings. The van der Waals surface area contributed by atoms with Crippen LogP contribution >= 0.6 is 0 Å². The van der Waals surface area contributed by atoms with Crippen LogP contribution in [-0.2, 0) is 23.7 Å². The zero-order chi connectivity index (χ0) is 39.3. The maximum absolute atomic E-state index is 15.1. The van der Waals surface area contributed by atoms with E-state index < -0.39 is 36.6 Å². The highest BCUT2D eigenvalue weighted by Crippen LogP contribution is 2.65. The van der Waals surface area contributed by atoms with E-state index in [1.807, 2.05) is 25.7 Å². The zero-order valence-corrected chi connectivity index (χ0v) is 34.3. The van der Waals surface area contributed by atoms with Crippen molar-refractivity contribution in [2.24, 2.45) is 34.5 Å². The van der Waals surface area contributed by atoms with Crippen molar-refractivity contribution in [1.29, 1.82) is 0 Å². The molecule has 2 bridgehead atoms. The van der Waals surface area contributed by atoms with Crippen LogP contribution < -0.4 is 16.0 Å². The van der Waals surface area contributed by atoms with Gasteiger partial charge >= 0.3 is 7.12 Å². The summed E-state index contributed by atoms with van der Waals surface area (Å²) < 4.78 is 13.5. The van der Waals surface area contributed by atoms with Crippen LogP contribution in [0.5, 0.6) is 0 Å². The predicted octanol–water partition coefficient (Wildman–Crippen LogP) is 5.40. The van der Waals surface area contributed by atoms with Crippen LogP contribution in [0.3, 0.4) is 0 Å². The number of amides is 4. The van der Waals surface area contributed by atoms with Crippen molar-refractivity contribution in [2.75, 3.05) is 0 Å². The molecule has 5 saturated carbocycles. The number of carbonyl (C=O) groups is 4. The summed E-state index contributed by atoms with van der Waals surface area (Å²) in [6.45, 7) is 14.9. The van der Waals surface area contributed by atoms with Gasteiger partial charge in [-0.15, -0.1) is 0 Å². The molecule has 55 heavy (non-hydrogen) atoms.